The molecule has 0 fully saturated rings. The summed E-state index contributed by atoms with van der Waals surface area (Å²) in [6.45, 7) is 1.39. The summed E-state index contributed by atoms with van der Waals surface area (Å²) in [6.07, 6.45) is -0.323. The SMILES string of the molecule is CC(CNC(=O)Cc1cc(F)ccc1F)C(=O)O. The Morgan fingerprint density at radius 3 is 2.67 bits per heavy atom. The summed E-state index contributed by atoms with van der Waals surface area (Å²) < 4.78 is 26.1. The molecule has 0 aliphatic heterocycles. The molecule has 1 rings (SSSR count). The fraction of sp³-hybridized carbons (Fsp3) is 0.333. The monoisotopic (exact) mass is 257 g/mol. The number of carbonyl (C=O) groups is 2. The number of hydrogen-bond acceptors (Lipinski definition) is 2. The van der Waals surface area contributed by atoms with Gasteiger partial charge in [-0.15, -0.1) is 0 Å². The molecule has 1 unspecified atom stereocenters. The van der Waals surface area contributed by atoms with Crippen molar-refractivity contribution in [3.63, 3.8) is 0 Å². The Labute approximate surface area is 103 Å². The molecule has 0 bridgehead atoms. The van der Waals surface area contributed by atoms with Gasteiger partial charge in [0.05, 0.1) is 12.3 Å². The van der Waals surface area contributed by atoms with Crippen molar-refractivity contribution in [2.24, 2.45) is 5.92 Å². The molecular formula is C12H13F2NO3. The average molecular weight is 257 g/mol. The lowest BCUT2D eigenvalue weighted by atomic mass is 10.1. The summed E-state index contributed by atoms with van der Waals surface area (Å²) in [5.74, 6) is -3.61. The van der Waals surface area contributed by atoms with Crippen LogP contribution in [0.2, 0.25) is 0 Å². The first-order chi connectivity index (χ1) is 8.40. The van der Waals surface area contributed by atoms with E-state index in [1.165, 1.54) is 6.92 Å². The van der Waals surface area contributed by atoms with Crippen molar-refractivity contribution in [1.82, 2.24) is 5.32 Å². The molecule has 2 N–H and O–H groups in total. The molecule has 0 saturated carbocycles. The molecule has 0 aromatic heterocycles. The second kappa shape index (κ2) is 6.09. The van der Waals surface area contributed by atoms with Gasteiger partial charge < -0.3 is 10.4 Å². The van der Waals surface area contributed by atoms with Crippen LogP contribution in [0.4, 0.5) is 8.78 Å². The Balaban J connectivity index is 2.54. The normalized spacial score (nSPS) is 11.9. The maximum atomic E-state index is 13.2. The van der Waals surface area contributed by atoms with Crippen molar-refractivity contribution in [2.45, 2.75) is 13.3 Å². The Kier molecular flexibility index (Phi) is 4.76. The summed E-state index contributed by atoms with van der Waals surface area (Å²) in [6, 6.07) is 2.84. The van der Waals surface area contributed by atoms with Crippen LogP contribution in [0, 0.1) is 17.6 Å². The van der Waals surface area contributed by atoms with Gasteiger partial charge in [0, 0.05) is 12.1 Å². The van der Waals surface area contributed by atoms with Crippen LogP contribution in [-0.4, -0.2) is 23.5 Å². The predicted molar refractivity (Wildman–Crippen MR) is 59.9 cm³/mol. The zero-order valence-corrected chi connectivity index (χ0v) is 9.74. The van der Waals surface area contributed by atoms with Gasteiger partial charge in [-0.25, -0.2) is 8.78 Å². The number of amides is 1. The minimum atomic E-state index is -1.03. The van der Waals surface area contributed by atoms with Crippen molar-refractivity contribution < 1.29 is 23.5 Å². The third-order valence-corrected chi connectivity index (χ3v) is 2.39. The third-order valence-electron chi connectivity index (χ3n) is 2.39. The molecule has 0 radical (unpaired) electrons. The van der Waals surface area contributed by atoms with Crippen molar-refractivity contribution in [3.8, 4) is 0 Å². The number of rotatable bonds is 5. The zero-order valence-electron chi connectivity index (χ0n) is 9.74. The van der Waals surface area contributed by atoms with Gasteiger partial charge in [0.15, 0.2) is 0 Å². The molecule has 1 amide bonds. The number of nitrogens with one attached hydrogen (secondary N) is 1. The van der Waals surface area contributed by atoms with Crippen LogP contribution in [0.1, 0.15) is 12.5 Å². The lowest BCUT2D eigenvalue weighted by molar-refractivity contribution is -0.141. The molecule has 0 aliphatic carbocycles. The summed E-state index contributed by atoms with van der Waals surface area (Å²) >= 11 is 0. The molecule has 0 spiro atoms. The highest BCUT2D eigenvalue weighted by Crippen LogP contribution is 2.10. The first-order valence-electron chi connectivity index (χ1n) is 5.33. The molecule has 18 heavy (non-hydrogen) atoms. The standard InChI is InChI=1S/C12H13F2NO3/c1-7(12(17)18)6-15-11(16)5-8-4-9(13)2-3-10(8)14/h2-4,7H,5-6H2,1H3,(H,15,16)(H,17,18). The molecule has 6 heteroatoms. The van der Waals surface area contributed by atoms with Crippen LogP contribution < -0.4 is 5.32 Å². The first kappa shape index (κ1) is 14.1. The van der Waals surface area contributed by atoms with E-state index in [1.54, 1.807) is 0 Å². The maximum absolute atomic E-state index is 13.2. The number of benzene rings is 1. The van der Waals surface area contributed by atoms with Crippen molar-refractivity contribution in [2.75, 3.05) is 6.54 Å². The van der Waals surface area contributed by atoms with Gasteiger partial charge in [-0.3, -0.25) is 9.59 Å². The number of hydrogen-bond donors (Lipinski definition) is 2. The molecule has 0 heterocycles. The maximum Gasteiger partial charge on any atom is 0.308 e. The highest BCUT2D eigenvalue weighted by atomic mass is 19.1. The Morgan fingerprint density at radius 1 is 1.39 bits per heavy atom. The third kappa shape index (κ3) is 4.12. The van der Waals surface area contributed by atoms with E-state index in [-0.39, 0.29) is 18.5 Å². The van der Waals surface area contributed by atoms with E-state index in [0.29, 0.717) is 0 Å². The van der Waals surface area contributed by atoms with E-state index in [1.807, 2.05) is 0 Å². The minimum absolute atomic E-state index is 0.0505. The predicted octanol–water partition coefficient (Wildman–Crippen LogP) is 1.34. The highest BCUT2D eigenvalue weighted by Gasteiger charge is 2.13. The van der Waals surface area contributed by atoms with Gasteiger partial charge >= 0.3 is 5.97 Å². The summed E-state index contributed by atoms with van der Waals surface area (Å²) in [5, 5.41) is 11.0. The lowest BCUT2D eigenvalue weighted by Crippen LogP contribution is -2.32. The van der Waals surface area contributed by atoms with Crippen molar-refractivity contribution in [3.05, 3.63) is 35.4 Å². The smallest absolute Gasteiger partial charge is 0.308 e. The summed E-state index contributed by atoms with van der Waals surface area (Å²) in [4.78, 5) is 21.9. The highest BCUT2D eigenvalue weighted by molar-refractivity contribution is 5.79. The second-order valence-electron chi connectivity index (χ2n) is 3.96. The molecule has 0 saturated heterocycles. The fourth-order valence-corrected chi connectivity index (χ4v) is 1.27. The van der Waals surface area contributed by atoms with Crippen molar-refractivity contribution >= 4 is 11.9 Å². The molecular weight excluding hydrogens is 244 g/mol. The van der Waals surface area contributed by atoms with E-state index >= 15 is 0 Å². The minimum Gasteiger partial charge on any atom is -0.481 e. The Bertz CT molecular complexity index is 463. The first-order valence-corrected chi connectivity index (χ1v) is 5.33. The van der Waals surface area contributed by atoms with Gasteiger partial charge in [0.1, 0.15) is 11.6 Å². The van der Waals surface area contributed by atoms with E-state index < -0.39 is 29.4 Å². The molecule has 1 aromatic rings. The number of carboxylic acids is 1. The molecule has 1 atom stereocenters. The van der Waals surface area contributed by atoms with Crippen LogP contribution in [0.5, 0.6) is 0 Å². The summed E-state index contributed by atoms with van der Waals surface area (Å²) in [7, 11) is 0. The largest absolute Gasteiger partial charge is 0.481 e. The average Bonchev–Trinajstić information content (AvgIpc) is 2.30. The van der Waals surface area contributed by atoms with Gasteiger partial charge in [0.2, 0.25) is 5.91 Å². The Morgan fingerprint density at radius 2 is 2.06 bits per heavy atom. The van der Waals surface area contributed by atoms with Crippen LogP contribution >= 0.6 is 0 Å². The van der Waals surface area contributed by atoms with Gasteiger partial charge in [0.25, 0.3) is 0 Å². The van der Waals surface area contributed by atoms with E-state index in [9.17, 15) is 18.4 Å². The van der Waals surface area contributed by atoms with E-state index in [0.717, 1.165) is 18.2 Å². The van der Waals surface area contributed by atoms with Crippen LogP contribution in [0.15, 0.2) is 18.2 Å². The second-order valence-corrected chi connectivity index (χ2v) is 3.96. The van der Waals surface area contributed by atoms with Crippen LogP contribution in [0.3, 0.4) is 0 Å². The number of halogens is 2. The zero-order chi connectivity index (χ0) is 13.7. The fourth-order valence-electron chi connectivity index (χ4n) is 1.27. The van der Waals surface area contributed by atoms with Gasteiger partial charge in [-0.05, 0) is 18.2 Å². The van der Waals surface area contributed by atoms with Gasteiger partial charge in [-0.1, -0.05) is 6.92 Å². The number of carboxylic acid groups (broad SMARTS) is 1. The molecule has 1 aromatic carbocycles. The van der Waals surface area contributed by atoms with E-state index in [2.05, 4.69) is 5.32 Å². The molecule has 98 valence electrons. The molecule has 4 nitrogen and oxygen atoms in total. The lowest BCUT2D eigenvalue weighted by Gasteiger charge is -2.08. The number of aliphatic carboxylic acids is 1. The topological polar surface area (TPSA) is 66.4 Å². The van der Waals surface area contributed by atoms with Gasteiger partial charge in [-0.2, -0.15) is 0 Å². The summed E-state index contributed by atoms with van der Waals surface area (Å²) in [5.41, 5.74) is -0.0597. The van der Waals surface area contributed by atoms with Crippen molar-refractivity contribution in [1.29, 1.82) is 0 Å². The molecule has 0 aliphatic rings. The quantitative estimate of drug-likeness (QED) is 0.836. The number of carbonyl (C=O) groups excluding carboxylic acids is 1. The van der Waals surface area contributed by atoms with Crippen LogP contribution in [0.25, 0.3) is 0 Å². The van der Waals surface area contributed by atoms with E-state index in [4.69, 9.17) is 5.11 Å². The Hall–Kier alpha value is -1.98. The van der Waals surface area contributed by atoms with Crippen LogP contribution in [-0.2, 0) is 16.0 Å².